The van der Waals surface area contributed by atoms with E-state index in [9.17, 15) is 13.2 Å². The number of aryl methyl sites for hydroxylation is 1. The van der Waals surface area contributed by atoms with Crippen molar-refractivity contribution in [3.63, 3.8) is 0 Å². The quantitative estimate of drug-likeness (QED) is 0.914. The predicted octanol–water partition coefficient (Wildman–Crippen LogP) is 3.30. The number of halogens is 3. The summed E-state index contributed by atoms with van der Waals surface area (Å²) in [5, 5.41) is 2.67. The van der Waals surface area contributed by atoms with Crippen LogP contribution >= 0.6 is 0 Å². The zero-order valence-corrected chi connectivity index (χ0v) is 9.75. The molecule has 1 aromatic heterocycles. The number of hydrogen-bond donors (Lipinski definition) is 1. The highest BCUT2D eigenvalue weighted by atomic mass is 19.4. The number of alkyl halides is 3. The molecule has 1 N–H and O–H groups in total. The Morgan fingerprint density at radius 2 is 1.72 bits per heavy atom. The Labute approximate surface area is 102 Å². The largest absolute Gasteiger partial charge is 0.390 e. The van der Waals surface area contributed by atoms with Gasteiger partial charge in [-0.3, -0.25) is 0 Å². The third-order valence-electron chi connectivity index (χ3n) is 2.45. The van der Waals surface area contributed by atoms with Crippen LogP contribution in [0, 0.1) is 6.92 Å². The van der Waals surface area contributed by atoms with Gasteiger partial charge in [0, 0.05) is 6.54 Å². The highest BCUT2D eigenvalue weighted by molar-refractivity contribution is 5.76. The number of fused-ring (bicyclic) bond motifs is 1. The van der Waals surface area contributed by atoms with Gasteiger partial charge in [-0.05, 0) is 19.1 Å². The molecule has 6 heteroatoms. The fourth-order valence-corrected chi connectivity index (χ4v) is 1.58. The second kappa shape index (κ2) is 4.80. The van der Waals surface area contributed by atoms with Gasteiger partial charge in [0.05, 0.1) is 23.1 Å². The van der Waals surface area contributed by atoms with Gasteiger partial charge < -0.3 is 5.32 Å². The standard InChI is InChI=1S/C12H12F3N3/c1-8-11(16-7-6-12(13,14)15)18-10-5-3-2-4-9(10)17-8/h2-5H,6-7H2,1H3,(H,16,18). The summed E-state index contributed by atoms with van der Waals surface area (Å²) in [6, 6.07) is 7.24. The minimum Gasteiger partial charge on any atom is -0.368 e. The van der Waals surface area contributed by atoms with Crippen LogP contribution in [0.15, 0.2) is 24.3 Å². The van der Waals surface area contributed by atoms with E-state index in [0.29, 0.717) is 17.0 Å². The summed E-state index contributed by atoms with van der Waals surface area (Å²) in [7, 11) is 0. The first-order chi connectivity index (χ1) is 8.46. The lowest BCUT2D eigenvalue weighted by molar-refractivity contribution is -0.131. The number of anilines is 1. The summed E-state index contributed by atoms with van der Waals surface area (Å²) in [5.41, 5.74) is 1.99. The minimum atomic E-state index is -4.16. The van der Waals surface area contributed by atoms with Gasteiger partial charge in [0.15, 0.2) is 0 Å². The number of rotatable bonds is 3. The molecule has 2 aromatic rings. The van der Waals surface area contributed by atoms with Crippen LogP contribution in [0.1, 0.15) is 12.1 Å². The highest BCUT2D eigenvalue weighted by Crippen LogP contribution is 2.20. The van der Waals surface area contributed by atoms with Crippen LogP contribution in [0.3, 0.4) is 0 Å². The van der Waals surface area contributed by atoms with Crippen LogP contribution in [-0.4, -0.2) is 22.7 Å². The number of nitrogens with one attached hydrogen (secondary N) is 1. The fraction of sp³-hybridized carbons (Fsp3) is 0.333. The number of benzene rings is 1. The highest BCUT2D eigenvalue weighted by Gasteiger charge is 2.26. The summed E-state index contributed by atoms with van der Waals surface area (Å²) in [4.78, 5) is 8.54. The average Bonchev–Trinajstić information content (AvgIpc) is 2.28. The fourth-order valence-electron chi connectivity index (χ4n) is 1.58. The van der Waals surface area contributed by atoms with E-state index in [1.807, 2.05) is 18.2 Å². The molecule has 0 unspecified atom stereocenters. The molecule has 1 aromatic carbocycles. The first kappa shape index (κ1) is 12.6. The first-order valence-corrected chi connectivity index (χ1v) is 5.50. The van der Waals surface area contributed by atoms with E-state index in [1.54, 1.807) is 13.0 Å². The van der Waals surface area contributed by atoms with Gasteiger partial charge in [0.25, 0.3) is 0 Å². The molecule has 96 valence electrons. The number of aromatic nitrogens is 2. The second-order valence-electron chi connectivity index (χ2n) is 3.94. The second-order valence-corrected chi connectivity index (χ2v) is 3.94. The Morgan fingerprint density at radius 1 is 1.11 bits per heavy atom. The number of hydrogen-bond acceptors (Lipinski definition) is 3. The lowest BCUT2D eigenvalue weighted by Gasteiger charge is -2.10. The van der Waals surface area contributed by atoms with Gasteiger partial charge in [-0.15, -0.1) is 0 Å². The third kappa shape index (κ3) is 3.09. The molecule has 3 nitrogen and oxygen atoms in total. The molecule has 0 amide bonds. The predicted molar refractivity (Wildman–Crippen MR) is 63.4 cm³/mol. The molecular weight excluding hydrogens is 243 g/mol. The lowest BCUT2D eigenvalue weighted by atomic mass is 10.3. The van der Waals surface area contributed by atoms with Gasteiger partial charge in [0.1, 0.15) is 5.82 Å². The maximum Gasteiger partial charge on any atom is 0.390 e. The molecule has 0 aliphatic carbocycles. The summed E-state index contributed by atoms with van der Waals surface area (Å²) in [5.74, 6) is 0.401. The van der Waals surface area contributed by atoms with Crippen molar-refractivity contribution in [1.82, 2.24) is 9.97 Å². The molecule has 0 spiro atoms. The van der Waals surface area contributed by atoms with Gasteiger partial charge in [-0.2, -0.15) is 13.2 Å². The van der Waals surface area contributed by atoms with E-state index in [2.05, 4.69) is 15.3 Å². The van der Waals surface area contributed by atoms with Crippen molar-refractivity contribution < 1.29 is 13.2 Å². The molecule has 0 fully saturated rings. The summed E-state index contributed by atoms with van der Waals surface area (Å²) in [6.45, 7) is 1.52. The molecule has 18 heavy (non-hydrogen) atoms. The van der Waals surface area contributed by atoms with E-state index < -0.39 is 12.6 Å². The maximum absolute atomic E-state index is 12.0. The van der Waals surface area contributed by atoms with Crippen molar-refractivity contribution >= 4 is 16.9 Å². The third-order valence-corrected chi connectivity index (χ3v) is 2.45. The summed E-state index contributed by atoms with van der Waals surface area (Å²) < 4.78 is 36.1. The molecule has 0 bridgehead atoms. The molecule has 2 rings (SSSR count). The Bertz CT molecular complexity index is 552. The first-order valence-electron chi connectivity index (χ1n) is 5.50. The van der Waals surface area contributed by atoms with Crippen molar-refractivity contribution in [3.8, 4) is 0 Å². The van der Waals surface area contributed by atoms with Crippen molar-refractivity contribution in [2.45, 2.75) is 19.5 Å². The topological polar surface area (TPSA) is 37.8 Å². The van der Waals surface area contributed by atoms with E-state index in [1.165, 1.54) is 0 Å². The molecule has 0 aliphatic heterocycles. The van der Waals surface area contributed by atoms with E-state index in [4.69, 9.17) is 0 Å². The van der Waals surface area contributed by atoms with Gasteiger partial charge >= 0.3 is 6.18 Å². The molecular formula is C12H12F3N3. The Hall–Kier alpha value is -1.85. The molecule has 0 atom stereocenters. The molecule has 0 radical (unpaired) electrons. The number of nitrogens with zero attached hydrogens (tertiary/aromatic N) is 2. The van der Waals surface area contributed by atoms with Crippen molar-refractivity contribution in [2.75, 3.05) is 11.9 Å². The van der Waals surface area contributed by atoms with Crippen LogP contribution < -0.4 is 5.32 Å². The Morgan fingerprint density at radius 3 is 2.33 bits per heavy atom. The van der Waals surface area contributed by atoms with E-state index in [-0.39, 0.29) is 6.54 Å². The Balaban J connectivity index is 2.15. The molecule has 0 aliphatic rings. The van der Waals surface area contributed by atoms with Gasteiger partial charge in [0.2, 0.25) is 0 Å². The van der Waals surface area contributed by atoms with Crippen LogP contribution in [0.2, 0.25) is 0 Å². The minimum absolute atomic E-state index is 0.197. The van der Waals surface area contributed by atoms with Gasteiger partial charge in [-0.1, -0.05) is 12.1 Å². The van der Waals surface area contributed by atoms with Crippen molar-refractivity contribution in [2.24, 2.45) is 0 Å². The maximum atomic E-state index is 12.0. The SMILES string of the molecule is Cc1nc2ccccc2nc1NCCC(F)(F)F. The average molecular weight is 255 g/mol. The summed E-state index contributed by atoms with van der Waals surface area (Å²) in [6.07, 6.45) is -5.05. The zero-order chi connectivity index (χ0) is 13.2. The monoisotopic (exact) mass is 255 g/mol. The number of para-hydroxylation sites is 2. The van der Waals surface area contributed by atoms with Crippen LogP contribution in [-0.2, 0) is 0 Å². The smallest absolute Gasteiger partial charge is 0.368 e. The van der Waals surface area contributed by atoms with Gasteiger partial charge in [-0.25, -0.2) is 9.97 Å². The van der Waals surface area contributed by atoms with Crippen LogP contribution in [0.4, 0.5) is 19.0 Å². The Kier molecular flexibility index (Phi) is 3.36. The summed E-state index contributed by atoms with van der Waals surface area (Å²) >= 11 is 0. The zero-order valence-electron chi connectivity index (χ0n) is 9.75. The van der Waals surface area contributed by atoms with Crippen LogP contribution in [0.5, 0.6) is 0 Å². The lowest BCUT2D eigenvalue weighted by Crippen LogP contribution is -2.15. The van der Waals surface area contributed by atoms with E-state index in [0.717, 1.165) is 5.52 Å². The normalized spacial score (nSPS) is 11.8. The van der Waals surface area contributed by atoms with Crippen molar-refractivity contribution in [1.29, 1.82) is 0 Å². The van der Waals surface area contributed by atoms with E-state index >= 15 is 0 Å². The molecule has 0 saturated heterocycles. The molecule has 0 saturated carbocycles. The van der Waals surface area contributed by atoms with Crippen molar-refractivity contribution in [3.05, 3.63) is 30.0 Å². The molecule has 1 heterocycles. The van der Waals surface area contributed by atoms with Crippen LogP contribution in [0.25, 0.3) is 11.0 Å².